The molecule has 1 aromatic rings. The summed E-state index contributed by atoms with van der Waals surface area (Å²) in [6.07, 6.45) is 1.65. The minimum Gasteiger partial charge on any atom is -0.355 e. The summed E-state index contributed by atoms with van der Waals surface area (Å²) in [4.78, 5) is 26.7. The highest BCUT2D eigenvalue weighted by Crippen LogP contribution is 2.25. The van der Waals surface area contributed by atoms with Gasteiger partial charge in [0.05, 0.1) is 16.0 Å². The Morgan fingerprint density at radius 3 is 2.64 bits per heavy atom. The molecule has 0 saturated carbocycles. The quantitative estimate of drug-likeness (QED) is 0.808. The summed E-state index contributed by atoms with van der Waals surface area (Å²) in [6.45, 7) is 3.76. The Balaban J connectivity index is 0.00000225. The van der Waals surface area contributed by atoms with Gasteiger partial charge >= 0.3 is 0 Å². The van der Waals surface area contributed by atoms with Crippen molar-refractivity contribution in [2.75, 3.05) is 32.7 Å². The Hall–Kier alpha value is -1.01. The normalized spacial score (nSPS) is 20.4. The zero-order valence-electron chi connectivity index (χ0n) is 13.8. The molecule has 1 aromatic carbocycles. The second-order valence-electron chi connectivity index (χ2n) is 6.49. The van der Waals surface area contributed by atoms with Gasteiger partial charge in [0.1, 0.15) is 0 Å². The van der Waals surface area contributed by atoms with Crippen molar-refractivity contribution in [3.05, 3.63) is 33.8 Å². The minimum absolute atomic E-state index is 0. The van der Waals surface area contributed by atoms with E-state index in [2.05, 4.69) is 10.6 Å². The lowest BCUT2D eigenvalue weighted by molar-refractivity contribution is -0.126. The van der Waals surface area contributed by atoms with Crippen LogP contribution in [0.4, 0.5) is 0 Å². The van der Waals surface area contributed by atoms with Gasteiger partial charge in [0, 0.05) is 44.2 Å². The average molecular weight is 407 g/mol. The van der Waals surface area contributed by atoms with E-state index in [9.17, 15) is 9.59 Å². The monoisotopic (exact) mass is 405 g/mol. The van der Waals surface area contributed by atoms with Crippen molar-refractivity contribution in [3.63, 3.8) is 0 Å². The molecule has 138 valence electrons. The fourth-order valence-electron chi connectivity index (χ4n) is 3.07. The van der Waals surface area contributed by atoms with E-state index in [4.69, 9.17) is 23.2 Å². The predicted octanol–water partition coefficient (Wildman–Crippen LogP) is 2.60. The van der Waals surface area contributed by atoms with Crippen molar-refractivity contribution < 1.29 is 9.59 Å². The SMILES string of the molecule is Cl.O=C(NCC1CNC1)C1CCCN(C(=O)c2ccc(Cl)c(Cl)c2)C1. The Morgan fingerprint density at radius 1 is 1.24 bits per heavy atom. The maximum Gasteiger partial charge on any atom is 0.253 e. The molecular weight excluding hydrogens is 385 g/mol. The van der Waals surface area contributed by atoms with E-state index >= 15 is 0 Å². The summed E-state index contributed by atoms with van der Waals surface area (Å²) < 4.78 is 0. The van der Waals surface area contributed by atoms with Crippen LogP contribution in [0.5, 0.6) is 0 Å². The summed E-state index contributed by atoms with van der Waals surface area (Å²) in [7, 11) is 0. The van der Waals surface area contributed by atoms with Gasteiger partial charge < -0.3 is 15.5 Å². The summed E-state index contributed by atoms with van der Waals surface area (Å²) >= 11 is 11.9. The zero-order valence-corrected chi connectivity index (χ0v) is 16.1. The van der Waals surface area contributed by atoms with Crippen molar-refractivity contribution in [2.24, 2.45) is 11.8 Å². The third-order valence-corrected chi connectivity index (χ3v) is 5.42. The zero-order chi connectivity index (χ0) is 17.1. The molecule has 0 aromatic heterocycles. The van der Waals surface area contributed by atoms with Crippen LogP contribution in [0, 0.1) is 11.8 Å². The standard InChI is InChI=1S/C17H21Cl2N3O2.ClH/c18-14-4-3-12(6-15(14)19)17(24)22-5-1-2-13(10-22)16(23)21-9-11-7-20-8-11;/h3-4,6,11,13,20H,1-2,5,7-10H2,(H,21,23);1H. The largest absolute Gasteiger partial charge is 0.355 e. The third kappa shape index (κ3) is 5.00. The third-order valence-electron chi connectivity index (χ3n) is 4.68. The van der Waals surface area contributed by atoms with Crippen LogP contribution in [-0.4, -0.2) is 49.4 Å². The highest BCUT2D eigenvalue weighted by atomic mass is 35.5. The molecule has 2 aliphatic rings. The maximum atomic E-state index is 12.6. The molecule has 1 atom stereocenters. The predicted molar refractivity (Wildman–Crippen MR) is 102 cm³/mol. The minimum atomic E-state index is -0.140. The highest BCUT2D eigenvalue weighted by Gasteiger charge is 2.29. The molecule has 2 amide bonds. The van der Waals surface area contributed by atoms with Gasteiger partial charge in [-0.05, 0) is 31.0 Å². The number of nitrogens with one attached hydrogen (secondary N) is 2. The Bertz CT molecular complexity index is 638. The number of carbonyl (C=O) groups excluding carboxylic acids is 2. The molecule has 2 N–H and O–H groups in total. The number of piperidine rings is 1. The van der Waals surface area contributed by atoms with Crippen molar-refractivity contribution in [1.29, 1.82) is 0 Å². The Kier molecular flexibility index (Phi) is 7.37. The van der Waals surface area contributed by atoms with Crippen LogP contribution >= 0.6 is 35.6 Å². The number of hydrogen-bond acceptors (Lipinski definition) is 3. The van der Waals surface area contributed by atoms with E-state index in [1.54, 1.807) is 23.1 Å². The van der Waals surface area contributed by atoms with Crippen LogP contribution in [0.15, 0.2) is 18.2 Å². The second-order valence-corrected chi connectivity index (χ2v) is 7.30. The molecule has 2 fully saturated rings. The van der Waals surface area contributed by atoms with Crippen LogP contribution in [-0.2, 0) is 4.79 Å². The van der Waals surface area contributed by atoms with Gasteiger partial charge in [-0.25, -0.2) is 0 Å². The number of nitrogens with zero attached hydrogens (tertiary/aromatic N) is 1. The Labute approximate surface area is 163 Å². The molecule has 2 saturated heterocycles. The van der Waals surface area contributed by atoms with E-state index in [0.717, 1.165) is 25.9 Å². The molecule has 3 rings (SSSR count). The molecule has 1 unspecified atom stereocenters. The molecule has 5 nitrogen and oxygen atoms in total. The number of likely N-dealkylation sites (tertiary alicyclic amines) is 1. The average Bonchev–Trinajstić information content (AvgIpc) is 2.55. The van der Waals surface area contributed by atoms with Gasteiger partial charge in [-0.15, -0.1) is 12.4 Å². The number of hydrogen-bond donors (Lipinski definition) is 2. The number of rotatable bonds is 4. The van der Waals surface area contributed by atoms with Crippen molar-refractivity contribution >= 4 is 47.4 Å². The van der Waals surface area contributed by atoms with E-state index in [-0.39, 0.29) is 30.1 Å². The van der Waals surface area contributed by atoms with Gasteiger partial charge in [0.25, 0.3) is 5.91 Å². The summed E-state index contributed by atoms with van der Waals surface area (Å²) in [6, 6.07) is 4.88. The summed E-state index contributed by atoms with van der Waals surface area (Å²) in [5, 5.41) is 6.99. The smallest absolute Gasteiger partial charge is 0.253 e. The summed E-state index contributed by atoms with van der Waals surface area (Å²) in [5.74, 6) is 0.341. The van der Waals surface area contributed by atoms with E-state index in [0.29, 0.717) is 41.2 Å². The van der Waals surface area contributed by atoms with Crippen LogP contribution in [0.2, 0.25) is 10.0 Å². The van der Waals surface area contributed by atoms with Gasteiger partial charge in [-0.3, -0.25) is 9.59 Å². The van der Waals surface area contributed by atoms with Crippen LogP contribution in [0.1, 0.15) is 23.2 Å². The van der Waals surface area contributed by atoms with Gasteiger partial charge in [-0.2, -0.15) is 0 Å². The lowest BCUT2D eigenvalue weighted by atomic mass is 9.95. The first-order valence-electron chi connectivity index (χ1n) is 8.27. The lowest BCUT2D eigenvalue weighted by Crippen LogP contribution is -2.50. The molecular formula is C17H22Cl3N3O2. The molecule has 2 heterocycles. The maximum absolute atomic E-state index is 12.6. The van der Waals surface area contributed by atoms with Gasteiger partial charge in [0.15, 0.2) is 0 Å². The highest BCUT2D eigenvalue weighted by molar-refractivity contribution is 6.42. The fraction of sp³-hybridized carbons (Fsp3) is 0.529. The first-order valence-corrected chi connectivity index (χ1v) is 9.03. The van der Waals surface area contributed by atoms with Crippen LogP contribution < -0.4 is 10.6 Å². The number of carbonyl (C=O) groups is 2. The number of benzene rings is 1. The molecule has 8 heteroatoms. The fourth-order valence-corrected chi connectivity index (χ4v) is 3.37. The second kappa shape index (κ2) is 9.08. The summed E-state index contributed by atoms with van der Waals surface area (Å²) in [5.41, 5.74) is 0.506. The number of amides is 2. The van der Waals surface area contributed by atoms with Crippen LogP contribution in [0.3, 0.4) is 0 Å². The van der Waals surface area contributed by atoms with Gasteiger partial charge in [-0.1, -0.05) is 23.2 Å². The number of halogens is 3. The molecule has 0 bridgehead atoms. The van der Waals surface area contributed by atoms with E-state index in [1.165, 1.54) is 0 Å². The first kappa shape index (κ1) is 20.3. The van der Waals surface area contributed by atoms with Crippen molar-refractivity contribution in [3.8, 4) is 0 Å². The molecule has 0 spiro atoms. The first-order chi connectivity index (χ1) is 11.5. The van der Waals surface area contributed by atoms with Gasteiger partial charge in [0.2, 0.25) is 5.91 Å². The van der Waals surface area contributed by atoms with E-state index < -0.39 is 0 Å². The lowest BCUT2D eigenvalue weighted by Gasteiger charge is -2.33. The van der Waals surface area contributed by atoms with Crippen LogP contribution in [0.25, 0.3) is 0 Å². The molecule has 2 aliphatic heterocycles. The molecule has 0 radical (unpaired) electrons. The van der Waals surface area contributed by atoms with E-state index in [1.807, 2.05) is 0 Å². The molecule has 25 heavy (non-hydrogen) atoms. The Morgan fingerprint density at radius 2 is 2.00 bits per heavy atom. The topological polar surface area (TPSA) is 61.4 Å². The van der Waals surface area contributed by atoms with Crippen molar-refractivity contribution in [1.82, 2.24) is 15.5 Å². The molecule has 0 aliphatic carbocycles. The van der Waals surface area contributed by atoms with Crippen molar-refractivity contribution in [2.45, 2.75) is 12.8 Å².